The quantitative estimate of drug-likeness (QED) is 0.819. The van der Waals surface area contributed by atoms with Crippen LogP contribution in [0.5, 0.6) is 5.75 Å². The van der Waals surface area contributed by atoms with E-state index in [1.807, 2.05) is 36.1 Å². The summed E-state index contributed by atoms with van der Waals surface area (Å²) in [5.74, 6) is 0.697. The van der Waals surface area contributed by atoms with Crippen LogP contribution in [-0.2, 0) is 9.59 Å². The monoisotopic (exact) mass is 316 g/mol. The van der Waals surface area contributed by atoms with Gasteiger partial charge in [-0.1, -0.05) is 12.1 Å². The summed E-state index contributed by atoms with van der Waals surface area (Å²) >= 11 is 0. The highest BCUT2D eigenvalue weighted by atomic mass is 16.5. The minimum absolute atomic E-state index is 0.122. The molecule has 0 bridgehead atoms. The van der Waals surface area contributed by atoms with E-state index in [0.29, 0.717) is 13.0 Å². The third-order valence-corrected chi connectivity index (χ3v) is 3.97. The molecule has 1 aliphatic rings. The predicted octanol–water partition coefficient (Wildman–Crippen LogP) is 2.23. The molecule has 0 unspecified atom stereocenters. The molecule has 1 aliphatic heterocycles. The van der Waals surface area contributed by atoms with Crippen molar-refractivity contribution in [2.45, 2.75) is 26.2 Å². The number of amides is 2. The lowest BCUT2D eigenvalue weighted by molar-refractivity contribution is -0.130. The zero-order valence-electron chi connectivity index (χ0n) is 13.8. The normalized spacial score (nSPS) is 14.7. The molecule has 1 N–H and O–H groups in total. The van der Waals surface area contributed by atoms with Gasteiger partial charge in [0.25, 0.3) is 0 Å². The minimum Gasteiger partial charge on any atom is -0.497 e. The lowest BCUT2D eigenvalue weighted by Crippen LogP contribution is -2.32. The number of allylic oxidation sites excluding steroid dienone is 1. The SMILES string of the molecule is COc1cccc(C(C)=CC(=O)NCCC(=O)N2CCCC2)c1. The average molecular weight is 316 g/mol. The van der Waals surface area contributed by atoms with Crippen molar-refractivity contribution in [2.24, 2.45) is 0 Å². The van der Waals surface area contributed by atoms with Gasteiger partial charge in [0.2, 0.25) is 11.8 Å². The first-order chi connectivity index (χ1) is 11.1. The molecule has 1 heterocycles. The zero-order valence-corrected chi connectivity index (χ0v) is 13.8. The zero-order chi connectivity index (χ0) is 16.7. The molecule has 0 atom stereocenters. The van der Waals surface area contributed by atoms with Gasteiger partial charge in [0.1, 0.15) is 5.75 Å². The molecule has 0 radical (unpaired) electrons. The van der Waals surface area contributed by atoms with E-state index in [0.717, 1.165) is 42.8 Å². The van der Waals surface area contributed by atoms with Gasteiger partial charge in [-0.25, -0.2) is 0 Å². The molecule has 2 rings (SSSR count). The summed E-state index contributed by atoms with van der Waals surface area (Å²) in [6.45, 7) is 3.95. The van der Waals surface area contributed by atoms with Crippen molar-refractivity contribution in [1.29, 1.82) is 0 Å². The van der Waals surface area contributed by atoms with Crippen LogP contribution in [0.4, 0.5) is 0 Å². The second-order valence-corrected chi connectivity index (χ2v) is 5.69. The predicted molar refractivity (Wildman–Crippen MR) is 90.1 cm³/mol. The van der Waals surface area contributed by atoms with Gasteiger partial charge in [-0.3, -0.25) is 9.59 Å². The van der Waals surface area contributed by atoms with Crippen LogP contribution in [0.25, 0.3) is 5.57 Å². The van der Waals surface area contributed by atoms with Gasteiger partial charge < -0.3 is 15.0 Å². The second-order valence-electron chi connectivity index (χ2n) is 5.69. The second kappa shape index (κ2) is 8.36. The highest BCUT2D eigenvalue weighted by molar-refractivity contribution is 5.95. The van der Waals surface area contributed by atoms with Gasteiger partial charge >= 0.3 is 0 Å². The Morgan fingerprint density at radius 2 is 2.04 bits per heavy atom. The van der Waals surface area contributed by atoms with Crippen molar-refractivity contribution in [2.75, 3.05) is 26.7 Å². The molecule has 1 fully saturated rings. The number of nitrogens with one attached hydrogen (secondary N) is 1. The summed E-state index contributed by atoms with van der Waals surface area (Å²) in [6, 6.07) is 7.56. The van der Waals surface area contributed by atoms with E-state index in [1.165, 1.54) is 0 Å². The molecule has 0 saturated carbocycles. The number of methoxy groups -OCH3 is 1. The maximum absolute atomic E-state index is 11.9. The van der Waals surface area contributed by atoms with Crippen molar-refractivity contribution in [1.82, 2.24) is 10.2 Å². The van der Waals surface area contributed by atoms with Gasteiger partial charge in [0.05, 0.1) is 7.11 Å². The molecule has 124 valence electrons. The molecule has 1 aromatic carbocycles. The van der Waals surface area contributed by atoms with Crippen LogP contribution >= 0.6 is 0 Å². The van der Waals surface area contributed by atoms with E-state index in [1.54, 1.807) is 13.2 Å². The number of benzene rings is 1. The van der Waals surface area contributed by atoms with Gasteiger partial charge in [0.15, 0.2) is 0 Å². The highest BCUT2D eigenvalue weighted by Crippen LogP contribution is 2.19. The Morgan fingerprint density at radius 3 is 2.74 bits per heavy atom. The molecular formula is C18H24N2O3. The summed E-state index contributed by atoms with van der Waals surface area (Å²) < 4.78 is 5.18. The molecule has 23 heavy (non-hydrogen) atoms. The largest absolute Gasteiger partial charge is 0.497 e. The smallest absolute Gasteiger partial charge is 0.244 e. The molecule has 0 spiro atoms. The molecule has 1 saturated heterocycles. The number of hydrogen-bond donors (Lipinski definition) is 1. The number of rotatable bonds is 6. The maximum atomic E-state index is 11.9. The van der Waals surface area contributed by atoms with Crippen LogP contribution in [0.1, 0.15) is 31.7 Å². The average Bonchev–Trinajstić information content (AvgIpc) is 3.09. The summed E-state index contributed by atoms with van der Waals surface area (Å²) in [6.07, 6.45) is 4.08. The summed E-state index contributed by atoms with van der Waals surface area (Å²) in [5, 5.41) is 2.77. The Hall–Kier alpha value is -2.30. The van der Waals surface area contributed by atoms with Crippen LogP contribution in [0.2, 0.25) is 0 Å². The number of nitrogens with zero attached hydrogens (tertiary/aromatic N) is 1. The molecule has 1 aromatic rings. The first-order valence-corrected chi connectivity index (χ1v) is 7.98. The Kier molecular flexibility index (Phi) is 6.20. The molecule has 2 amide bonds. The van der Waals surface area contributed by atoms with Gasteiger partial charge in [-0.2, -0.15) is 0 Å². The lowest BCUT2D eigenvalue weighted by Gasteiger charge is -2.14. The van der Waals surface area contributed by atoms with Gasteiger partial charge in [-0.15, -0.1) is 0 Å². The Labute approximate surface area is 137 Å². The fraction of sp³-hybridized carbons (Fsp3) is 0.444. The van der Waals surface area contributed by atoms with Crippen LogP contribution in [-0.4, -0.2) is 43.5 Å². The third-order valence-electron chi connectivity index (χ3n) is 3.97. The lowest BCUT2D eigenvalue weighted by atomic mass is 10.1. The van der Waals surface area contributed by atoms with Crippen molar-refractivity contribution >= 4 is 17.4 Å². The van der Waals surface area contributed by atoms with Crippen molar-refractivity contribution in [3.63, 3.8) is 0 Å². The fourth-order valence-corrected chi connectivity index (χ4v) is 2.62. The molecule has 0 aliphatic carbocycles. The van der Waals surface area contributed by atoms with E-state index in [2.05, 4.69) is 5.32 Å². The molecular weight excluding hydrogens is 292 g/mol. The van der Waals surface area contributed by atoms with Crippen molar-refractivity contribution in [3.8, 4) is 5.75 Å². The van der Waals surface area contributed by atoms with E-state index >= 15 is 0 Å². The summed E-state index contributed by atoms with van der Waals surface area (Å²) in [7, 11) is 1.61. The number of carbonyl (C=O) groups is 2. The number of ether oxygens (including phenoxy) is 1. The molecule has 0 aromatic heterocycles. The first kappa shape index (κ1) is 17.1. The van der Waals surface area contributed by atoms with Crippen LogP contribution in [0, 0.1) is 0 Å². The van der Waals surface area contributed by atoms with Gasteiger partial charge in [-0.05, 0) is 43.0 Å². The molecule has 5 nitrogen and oxygen atoms in total. The van der Waals surface area contributed by atoms with E-state index in [9.17, 15) is 9.59 Å². The van der Waals surface area contributed by atoms with Crippen LogP contribution in [0.15, 0.2) is 30.3 Å². The topological polar surface area (TPSA) is 58.6 Å². The number of carbonyl (C=O) groups excluding carboxylic acids is 2. The standard InChI is InChI=1S/C18H24N2O3/c1-14(15-6-5-7-16(13-15)23-2)12-17(21)19-9-8-18(22)20-10-3-4-11-20/h5-7,12-13H,3-4,8-11H2,1-2H3,(H,19,21). The van der Waals surface area contributed by atoms with Crippen LogP contribution in [0.3, 0.4) is 0 Å². The van der Waals surface area contributed by atoms with E-state index in [-0.39, 0.29) is 11.8 Å². The summed E-state index contributed by atoms with van der Waals surface area (Å²) in [4.78, 5) is 25.7. The fourth-order valence-electron chi connectivity index (χ4n) is 2.62. The Balaban J connectivity index is 1.81. The third kappa shape index (κ3) is 5.13. The first-order valence-electron chi connectivity index (χ1n) is 7.98. The Morgan fingerprint density at radius 1 is 1.30 bits per heavy atom. The maximum Gasteiger partial charge on any atom is 0.244 e. The summed E-state index contributed by atoms with van der Waals surface area (Å²) in [5.41, 5.74) is 1.79. The van der Waals surface area contributed by atoms with Crippen molar-refractivity contribution < 1.29 is 14.3 Å². The molecule has 5 heteroatoms. The van der Waals surface area contributed by atoms with Crippen LogP contribution < -0.4 is 10.1 Å². The van der Waals surface area contributed by atoms with E-state index in [4.69, 9.17) is 4.74 Å². The highest BCUT2D eigenvalue weighted by Gasteiger charge is 2.17. The Bertz CT molecular complexity index is 590. The van der Waals surface area contributed by atoms with Crippen molar-refractivity contribution in [3.05, 3.63) is 35.9 Å². The van der Waals surface area contributed by atoms with E-state index < -0.39 is 0 Å². The van der Waals surface area contributed by atoms with Gasteiger partial charge in [0, 0.05) is 32.1 Å². The number of hydrogen-bond acceptors (Lipinski definition) is 3. The minimum atomic E-state index is -0.181. The number of likely N-dealkylation sites (tertiary alicyclic amines) is 1.